The summed E-state index contributed by atoms with van der Waals surface area (Å²) in [5, 5.41) is 8.13. The monoisotopic (exact) mass is 333 g/mol. The Morgan fingerprint density at radius 3 is 2.67 bits per heavy atom. The van der Waals surface area contributed by atoms with E-state index in [0.29, 0.717) is 0 Å². The number of aromatic nitrogens is 3. The molecule has 2 aromatic heterocycles. The lowest BCUT2D eigenvalue weighted by atomic mass is 10.0. The maximum absolute atomic E-state index is 6.12. The lowest BCUT2D eigenvalue weighted by molar-refractivity contribution is 0.806. The van der Waals surface area contributed by atoms with Crippen LogP contribution in [0.4, 0.5) is 0 Å². The second-order valence-corrected chi connectivity index (χ2v) is 6.15. The van der Waals surface area contributed by atoms with E-state index < -0.39 is 0 Å². The smallest absolute Gasteiger partial charge is 0.101 e. The summed E-state index contributed by atoms with van der Waals surface area (Å²) in [6, 6.07) is 20.3. The molecule has 4 aromatic rings. The van der Waals surface area contributed by atoms with Crippen LogP contribution in [0.5, 0.6) is 0 Å². The number of H-pyrrole nitrogens is 1. The molecule has 0 radical (unpaired) electrons. The third-order valence-corrected chi connectivity index (χ3v) is 4.24. The van der Waals surface area contributed by atoms with Gasteiger partial charge in [0.25, 0.3) is 0 Å². The summed E-state index contributed by atoms with van der Waals surface area (Å²) in [5.41, 5.74) is 5.40. The minimum absolute atomic E-state index is 0.723. The van der Waals surface area contributed by atoms with Crippen molar-refractivity contribution in [2.45, 2.75) is 6.54 Å². The van der Waals surface area contributed by atoms with Crippen molar-refractivity contribution in [3.8, 4) is 22.4 Å². The molecule has 2 aromatic carbocycles. The molecule has 0 aliphatic carbocycles. The first-order valence-corrected chi connectivity index (χ1v) is 8.17. The molecule has 0 aliphatic heterocycles. The molecule has 0 fully saturated rings. The van der Waals surface area contributed by atoms with Gasteiger partial charge in [0.2, 0.25) is 0 Å². The predicted octanol–water partition coefficient (Wildman–Crippen LogP) is 5.25. The van der Waals surface area contributed by atoms with E-state index in [-0.39, 0.29) is 0 Å². The number of benzene rings is 2. The van der Waals surface area contributed by atoms with Crippen LogP contribution in [-0.4, -0.2) is 14.8 Å². The van der Waals surface area contributed by atoms with Gasteiger partial charge in [-0.2, -0.15) is 5.10 Å². The second kappa shape index (κ2) is 6.38. The molecule has 4 rings (SSSR count). The second-order valence-electron chi connectivity index (χ2n) is 5.72. The number of hydrogen-bond acceptors (Lipinski definition) is 1. The molecule has 0 unspecified atom stereocenters. The molecule has 0 spiro atoms. The highest BCUT2D eigenvalue weighted by Crippen LogP contribution is 2.31. The topological polar surface area (TPSA) is 33.6 Å². The van der Waals surface area contributed by atoms with Crippen molar-refractivity contribution in [3.63, 3.8) is 0 Å². The fraction of sp³-hybridized carbons (Fsp3) is 0.0500. The van der Waals surface area contributed by atoms with E-state index in [0.717, 1.165) is 34.0 Å². The summed E-state index contributed by atoms with van der Waals surface area (Å²) in [5.74, 6) is 0. The Balaban J connectivity index is 1.65. The van der Waals surface area contributed by atoms with Crippen LogP contribution in [0.1, 0.15) is 5.56 Å². The lowest BCUT2D eigenvalue weighted by Crippen LogP contribution is -1.95. The van der Waals surface area contributed by atoms with Crippen LogP contribution in [0.2, 0.25) is 5.02 Å². The zero-order valence-corrected chi connectivity index (χ0v) is 13.7. The van der Waals surface area contributed by atoms with Crippen molar-refractivity contribution in [2.24, 2.45) is 0 Å². The molecule has 118 valence electrons. The highest BCUT2D eigenvalue weighted by atomic mass is 35.5. The molecule has 0 atom stereocenters. The molecule has 0 aliphatic rings. The van der Waals surface area contributed by atoms with Gasteiger partial charge >= 0.3 is 0 Å². The molecule has 1 N–H and O–H groups in total. The van der Waals surface area contributed by atoms with Crippen molar-refractivity contribution < 1.29 is 0 Å². The van der Waals surface area contributed by atoms with E-state index in [9.17, 15) is 0 Å². The van der Waals surface area contributed by atoms with Gasteiger partial charge in [-0.1, -0.05) is 54.1 Å². The van der Waals surface area contributed by atoms with Gasteiger partial charge in [0.05, 0.1) is 0 Å². The third kappa shape index (κ3) is 2.99. The quantitative estimate of drug-likeness (QED) is 0.544. The largest absolute Gasteiger partial charge is 0.349 e. The van der Waals surface area contributed by atoms with Crippen molar-refractivity contribution in [2.75, 3.05) is 0 Å². The van der Waals surface area contributed by atoms with E-state index in [1.807, 2.05) is 36.5 Å². The number of nitrogens with zero attached hydrogens (tertiary/aromatic N) is 2. The first-order valence-electron chi connectivity index (χ1n) is 7.79. The van der Waals surface area contributed by atoms with Crippen molar-refractivity contribution in [1.29, 1.82) is 0 Å². The predicted molar refractivity (Wildman–Crippen MR) is 98.0 cm³/mol. The summed E-state index contributed by atoms with van der Waals surface area (Å²) in [6.07, 6.45) is 6.12. The van der Waals surface area contributed by atoms with Gasteiger partial charge < -0.3 is 4.57 Å². The van der Waals surface area contributed by atoms with Gasteiger partial charge in [-0.05, 0) is 29.3 Å². The minimum atomic E-state index is 0.723. The van der Waals surface area contributed by atoms with E-state index in [4.69, 9.17) is 11.6 Å². The molecular formula is C20H16ClN3. The van der Waals surface area contributed by atoms with Crippen LogP contribution in [0.3, 0.4) is 0 Å². The maximum atomic E-state index is 6.12. The Hall–Kier alpha value is -2.78. The van der Waals surface area contributed by atoms with Crippen molar-refractivity contribution in [3.05, 3.63) is 89.8 Å². The molecule has 0 saturated heterocycles. The summed E-state index contributed by atoms with van der Waals surface area (Å²) < 4.78 is 2.17. The molecule has 3 nitrogen and oxygen atoms in total. The fourth-order valence-electron chi connectivity index (χ4n) is 2.86. The Morgan fingerprint density at radius 1 is 0.958 bits per heavy atom. The molecule has 0 bridgehead atoms. The molecule has 0 amide bonds. The van der Waals surface area contributed by atoms with Gasteiger partial charge in [-0.25, -0.2) is 0 Å². The number of rotatable bonds is 4. The summed E-state index contributed by atoms with van der Waals surface area (Å²) in [4.78, 5) is 0. The van der Waals surface area contributed by atoms with E-state index in [1.165, 1.54) is 5.56 Å². The first kappa shape index (κ1) is 14.8. The van der Waals surface area contributed by atoms with Crippen LogP contribution < -0.4 is 0 Å². The first-order chi connectivity index (χ1) is 11.8. The van der Waals surface area contributed by atoms with Crippen LogP contribution in [0, 0.1) is 0 Å². The van der Waals surface area contributed by atoms with Crippen LogP contribution in [0.15, 0.2) is 79.3 Å². The molecule has 0 saturated carbocycles. The Morgan fingerprint density at radius 2 is 1.83 bits per heavy atom. The SMILES string of the molecule is Clc1cccc(-c2c[nH]nc2-c2ccn(Cc3ccccc3)c2)c1. The van der Waals surface area contributed by atoms with Crippen molar-refractivity contribution in [1.82, 2.24) is 14.8 Å². The van der Waals surface area contributed by atoms with Gasteiger partial charge in [-0.3, -0.25) is 5.10 Å². The van der Waals surface area contributed by atoms with Gasteiger partial charge in [0, 0.05) is 41.3 Å². The Bertz CT molecular complexity index is 954. The molecular weight excluding hydrogens is 318 g/mol. The lowest BCUT2D eigenvalue weighted by Gasteiger charge is -2.03. The van der Waals surface area contributed by atoms with Crippen LogP contribution in [-0.2, 0) is 6.54 Å². The van der Waals surface area contributed by atoms with Crippen molar-refractivity contribution >= 4 is 11.6 Å². The number of aromatic amines is 1. The standard InChI is InChI=1S/C20H16ClN3/c21-18-8-4-7-16(11-18)19-12-22-23-20(19)17-9-10-24(14-17)13-15-5-2-1-3-6-15/h1-12,14H,13H2,(H,22,23). The fourth-order valence-corrected chi connectivity index (χ4v) is 3.05. The molecule has 2 heterocycles. The van der Waals surface area contributed by atoms with Gasteiger partial charge in [0.15, 0.2) is 0 Å². The summed E-state index contributed by atoms with van der Waals surface area (Å²) in [7, 11) is 0. The number of nitrogens with one attached hydrogen (secondary N) is 1. The van der Waals surface area contributed by atoms with E-state index in [1.54, 1.807) is 0 Å². The van der Waals surface area contributed by atoms with Gasteiger partial charge in [-0.15, -0.1) is 0 Å². The number of hydrogen-bond donors (Lipinski definition) is 1. The highest BCUT2D eigenvalue weighted by Gasteiger charge is 2.12. The zero-order valence-electron chi connectivity index (χ0n) is 13.0. The van der Waals surface area contributed by atoms with E-state index in [2.05, 4.69) is 57.5 Å². The molecule has 24 heavy (non-hydrogen) atoms. The number of halogens is 1. The molecule has 4 heteroatoms. The average Bonchev–Trinajstić information content (AvgIpc) is 3.24. The maximum Gasteiger partial charge on any atom is 0.101 e. The Labute approximate surface area is 145 Å². The summed E-state index contributed by atoms with van der Waals surface area (Å²) >= 11 is 6.12. The highest BCUT2D eigenvalue weighted by molar-refractivity contribution is 6.30. The third-order valence-electron chi connectivity index (χ3n) is 4.01. The normalized spacial score (nSPS) is 10.9. The van der Waals surface area contributed by atoms with Crippen LogP contribution >= 0.6 is 11.6 Å². The zero-order chi connectivity index (χ0) is 16.4. The van der Waals surface area contributed by atoms with Gasteiger partial charge in [0.1, 0.15) is 5.69 Å². The summed E-state index contributed by atoms with van der Waals surface area (Å²) in [6.45, 7) is 0.845. The van der Waals surface area contributed by atoms with Crippen LogP contribution in [0.25, 0.3) is 22.4 Å². The minimum Gasteiger partial charge on any atom is -0.349 e. The Kier molecular flexibility index (Phi) is 3.93. The van der Waals surface area contributed by atoms with E-state index >= 15 is 0 Å². The average molecular weight is 334 g/mol.